The van der Waals surface area contributed by atoms with E-state index in [0.29, 0.717) is 11.3 Å². The van der Waals surface area contributed by atoms with E-state index in [4.69, 9.17) is 9.15 Å². The fourth-order valence-corrected chi connectivity index (χ4v) is 5.26. The van der Waals surface area contributed by atoms with Crippen molar-refractivity contribution in [3.8, 4) is 5.75 Å². The van der Waals surface area contributed by atoms with E-state index < -0.39 is 11.6 Å². The molecule has 8 heteroatoms. The highest BCUT2D eigenvalue weighted by molar-refractivity contribution is 5.94. The van der Waals surface area contributed by atoms with E-state index in [0.717, 1.165) is 62.0 Å². The number of hydrogen-bond donors (Lipinski definition) is 0. The lowest BCUT2D eigenvalue weighted by Crippen LogP contribution is -2.78. The predicted molar refractivity (Wildman–Crippen MR) is 113 cm³/mol. The molecule has 0 atom stereocenters. The first-order valence-corrected chi connectivity index (χ1v) is 10.4. The van der Waals surface area contributed by atoms with E-state index in [-0.39, 0.29) is 5.56 Å². The van der Waals surface area contributed by atoms with Gasteiger partial charge >= 0.3 is 11.6 Å². The van der Waals surface area contributed by atoms with Gasteiger partial charge in [0.1, 0.15) is 43.4 Å². The van der Waals surface area contributed by atoms with Gasteiger partial charge in [-0.3, -0.25) is 4.48 Å². The molecule has 158 valence electrons. The third-order valence-electron chi connectivity index (χ3n) is 6.19. The summed E-state index contributed by atoms with van der Waals surface area (Å²) in [6.07, 6.45) is 0. The molecule has 4 fully saturated rings. The molecule has 4 aliphatic rings. The number of ether oxygens (including phenoxy) is 1. The first kappa shape index (κ1) is 18.7. The van der Waals surface area contributed by atoms with Gasteiger partial charge in [-0.05, 0) is 36.4 Å². The molecule has 5 heterocycles. The van der Waals surface area contributed by atoms with Gasteiger partial charge in [0.2, 0.25) is 0 Å². The van der Waals surface area contributed by atoms with E-state index in [2.05, 4.69) is 14.7 Å². The number of esters is 1. The van der Waals surface area contributed by atoms with Crippen molar-refractivity contribution >= 4 is 16.9 Å². The van der Waals surface area contributed by atoms with Crippen LogP contribution >= 0.6 is 0 Å². The highest BCUT2D eigenvalue weighted by Gasteiger charge is 2.48. The molecule has 0 saturated carbocycles. The minimum Gasteiger partial charge on any atom is -0.423 e. The second-order valence-electron chi connectivity index (χ2n) is 8.88. The fourth-order valence-electron chi connectivity index (χ4n) is 5.26. The zero-order chi connectivity index (χ0) is 21.0. The molecule has 2 aromatic carbocycles. The number of para-hydroxylation sites is 1. The van der Waals surface area contributed by atoms with Crippen molar-refractivity contribution in [2.24, 2.45) is 0 Å². The summed E-state index contributed by atoms with van der Waals surface area (Å²) in [6, 6.07) is 16.2. The van der Waals surface area contributed by atoms with Crippen LogP contribution < -0.4 is 10.4 Å². The quantitative estimate of drug-likeness (QED) is 0.277. The van der Waals surface area contributed by atoms with Crippen molar-refractivity contribution in [3.63, 3.8) is 0 Å². The van der Waals surface area contributed by atoms with Crippen molar-refractivity contribution in [3.05, 3.63) is 76.1 Å². The molecule has 8 nitrogen and oxygen atoms in total. The summed E-state index contributed by atoms with van der Waals surface area (Å²) in [5.41, 5.74) is 0.848. The number of carbonyl (C=O) groups is 1. The summed E-state index contributed by atoms with van der Waals surface area (Å²) in [7, 11) is 0. The molecule has 31 heavy (non-hydrogen) atoms. The molecule has 3 aromatic rings. The van der Waals surface area contributed by atoms with Crippen LogP contribution in [0.25, 0.3) is 11.0 Å². The predicted octanol–water partition coefficient (Wildman–Crippen LogP) is 2.02. The van der Waals surface area contributed by atoms with E-state index in [1.807, 2.05) is 24.3 Å². The zero-order valence-electron chi connectivity index (χ0n) is 17.1. The number of fused-ring (bicyclic) bond motifs is 1. The Balaban J connectivity index is 1.29. The number of benzene rings is 2. The van der Waals surface area contributed by atoms with Gasteiger partial charge in [0, 0.05) is 10.9 Å². The lowest BCUT2D eigenvalue weighted by molar-refractivity contribution is -0.991. The summed E-state index contributed by atoms with van der Waals surface area (Å²) in [5.74, 6) is -0.322. The van der Waals surface area contributed by atoms with E-state index in [9.17, 15) is 9.59 Å². The van der Waals surface area contributed by atoms with Gasteiger partial charge in [-0.1, -0.05) is 18.2 Å². The SMILES string of the molecule is O=C(Oc1ccccc1)c1cc2cc(C[N+]34CN5CN(CN(C5)C3)C4)ccc2oc1=O. The number of quaternary nitrogens is 1. The van der Waals surface area contributed by atoms with Crippen LogP contribution in [-0.2, 0) is 6.54 Å². The van der Waals surface area contributed by atoms with Gasteiger partial charge in [0.05, 0.1) is 20.0 Å². The van der Waals surface area contributed by atoms with E-state index >= 15 is 0 Å². The molecule has 0 unspecified atom stereocenters. The van der Waals surface area contributed by atoms with Crippen LogP contribution in [0.3, 0.4) is 0 Å². The zero-order valence-corrected chi connectivity index (χ0v) is 17.1. The smallest absolute Gasteiger partial charge is 0.351 e. The largest absolute Gasteiger partial charge is 0.423 e. The van der Waals surface area contributed by atoms with Crippen molar-refractivity contribution in [1.29, 1.82) is 0 Å². The Labute approximate surface area is 179 Å². The Bertz CT molecular complexity index is 1190. The first-order chi connectivity index (χ1) is 15.1. The normalized spacial score (nSPS) is 28.7. The van der Waals surface area contributed by atoms with Crippen LogP contribution in [0.5, 0.6) is 5.75 Å². The lowest BCUT2D eigenvalue weighted by Gasteiger charge is -2.60. The highest BCUT2D eigenvalue weighted by atomic mass is 16.5. The standard InChI is InChI=1S/C23H23N4O4/c28-22(30-19-4-2-1-3-5-19)20-9-18-8-17(6-7-21(18)31-23(20)29)10-27-14-24-11-25(15-27)13-26(12-24)16-27/h1-9H,10-16H2/q+1. The molecule has 1 aromatic heterocycles. The molecule has 0 aliphatic carbocycles. The van der Waals surface area contributed by atoms with Crippen molar-refractivity contribution < 1.29 is 18.4 Å². The summed E-state index contributed by atoms with van der Waals surface area (Å²) < 4.78 is 11.7. The summed E-state index contributed by atoms with van der Waals surface area (Å²) in [6.45, 7) is 7.17. The monoisotopic (exact) mass is 419 g/mol. The molecule has 4 aliphatic heterocycles. The molecular weight excluding hydrogens is 396 g/mol. The van der Waals surface area contributed by atoms with Gasteiger partial charge in [0.15, 0.2) is 0 Å². The van der Waals surface area contributed by atoms with Gasteiger partial charge in [-0.2, -0.15) is 0 Å². The van der Waals surface area contributed by atoms with Crippen LogP contribution in [0.15, 0.2) is 63.8 Å². The molecule has 0 amide bonds. The summed E-state index contributed by atoms with van der Waals surface area (Å²) >= 11 is 0. The third-order valence-corrected chi connectivity index (χ3v) is 6.19. The maximum atomic E-state index is 12.6. The van der Waals surface area contributed by atoms with Crippen molar-refractivity contribution in [2.45, 2.75) is 6.54 Å². The summed E-state index contributed by atoms with van der Waals surface area (Å²) in [4.78, 5) is 32.4. The Kier molecular flexibility index (Phi) is 4.22. The number of rotatable bonds is 4. The third kappa shape index (κ3) is 3.43. The Morgan fingerprint density at radius 2 is 1.61 bits per heavy atom. The average molecular weight is 419 g/mol. The number of nitrogens with zero attached hydrogens (tertiary/aromatic N) is 4. The molecule has 0 N–H and O–H groups in total. The van der Waals surface area contributed by atoms with Crippen LogP contribution in [0.4, 0.5) is 0 Å². The summed E-state index contributed by atoms with van der Waals surface area (Å²) in [5, 5.41) is 0.729. The second-order valence-corrected chi connectivity index (χ2v) is 8.88. The van der Waals surface area contributed by atoms with E-state index in [1.165, 1.54) is 0 Å². The second kappa shape index (κ2) is 7.00. The topological polar surface area (TPSA) is 66.2 Å². The van der Waals surface area contributed by atoms with Crippen molar-refractivity contribution in [2.75, 3.05) is 40.0 Å². The molecule has 4 bridgehead atoms. The minimum atomic E-state index is -0.711. The van der Waals surface area contributed by atoms with Gasteiger partial charge in [-0.15, -0.1) is 0 Å². The Morgan fingerprint density at radius 1 is 0.935 bits per heavy atom. The van der Waals surface area contributed by atoms with Crippen LogP contribution in [0, 0.1) is 0 Å². The van der Waals surface area contributed by atoms with Gasteiger partial charge in [-0.25, -0.2) is 24.3 Å². The Hall–Kier alpha value is -3.04. The van der Waals surface area contributed by atoms with Gasteiger partial charge < -0.3 is 9.15 Å². The van der Waals surface area contributed by atoms with Crippen LogP contribution in [0.1, 0.15) is 15.9 Å². The number of hydrogen-bond acceptors (Lipinski definition) is 7. The van der Waals surface area contributed by atoms with Crippen LogP contribution in [0.2, 0.25) is 0 Å². The fraction of sp³-hybridized carbons (Fsp3) is 0.304. The van der Waals surface area contributed by atoms with Crippen molar-refractivity contribution in [1.82, 2.24) is 14.7 Å². The minimum absolute atomic E-state index is 0.0962. The Morgan fingerprint density at radius 3 is 2.29 bits per heavy atom. The molecule has 4 saturated heterocycles. The molecule has 7 rings (SSSR count). The number of carbonyl (C=O) groups excluding carboxylic acids is 1. The maximum Gasteiger partial charge on any atom is 0.351 e. The average Bonchev–Trinajstić information content (AvgIpc) is 2.73. The lowest BCUT2D eigenvalue weighted by atomic mass is 10.1. The van der Waals surface area contributed by atoms with Gasteiger partial charge in [0.25, 0.3) is 0 Å². The molecular formula is C23H23N4O4+. The molecule has 0 radical (unpaired) electrons. The maximum absolute atomic E-state index is 12.6. The molecule has 0 spiro atoms. The van der Waals surface area contributed by atoms with E-state index in [1.54, 1.807) is 30.3 Å². The highest BCUT2D eigenvalue weighted by Crippen LogP contribution is 2.31. The van der Waals surface area contributed by atoms with Crippen LogP contribution in [-0.4, -0.2) is 65.2 Å². The first-order valence-electron chi connectivity index (χ1n) is 10.4.